The summed E-state index contributed by atoms with van der Waals surface area (Å²) >= 11 is 0. The van der Waals surface area contributed by atoms with E-state index in [0.29, 0.717) is 52.7 Å². The summed E-state index contributed by atoms with van der Waals surface area (Å²) in [4.78, 5) is 17.2. The van der Waals surface area contributed by atoms with Gasteiger partial charge in [-0.2, -0.15) is 5.26 Å². The fourth-order valence-corrected chi connectivity index (χ4v) is 4.20. The van der Waals surface area contributed by atoms with Crippen LogP contribution < -0.4 is 20.5 Å². The molecule has 8 heteroatoms. The molecule has 1 aromatic carbocycles. The predicted molar refractivity (Wildman–Crippen MR) is 124 cm³/mol. The van der Waals surface area contributed by atoms with Crippen molar-refractivity contribution >= 4 is 11.6 Å². The molecule has 0 unspecified atom stereocenters. The van der Waals surface area contributed by atoms with E-state index in [9.17, 15) is 10.1 Å². The monoisotopic (exact) mass is 443 g/mol. The number of rotatable bonds is 7. The van der Waals surface area contributed by atoms with E-state index in [1.807, 2.05) is 42.9 Å². The lowest BCUT2D eigenvalue weighted by molar-refractivity contribution is -0.114. The summed E-state index contributed by atoms with van der Waals surface area (Å²) < 4.78 is 13.7. The largest absolute Gasteiger partial charge is 0.496 e. The first-order chi connectivity index (χ1) is 15.9. The molecule has 33 heavy (non-hydrogen) atoms. The van der Waals surface area contributed by atoms with Gasteiger partial charge in [-0.3, -0.25) is 4.79 Å². The number of allylic oxidation sites excluding steroid dienone is 1. The highest BCUT2D eigenvalue weighted by Crippen LogP contribution is 2.48. The second-order valence-electron chi connectivity index (χ2n) is 7.83. The van der Waals surface area contributed by atoms with Crippen molar-refractivity contribution in [2.75, 3.05) is 19.0 Å². The number of aromatic nitrogens is 2. The molecule has 1 amide bonds. The first-order valence-corrected chi connectivity index (χ1v) is 10.5. The Morgan fingerprint density at radius 1 is 1.30 bits per heavy atom. The minimum absolute atomic E-state index is 0.392. The Bertz CT molecular complexity index is 1270. The zero-order valence-electron chi connectivity index (χ0n) is 18.8. The number of hydrogen-bond acceptors (Lipinski definition) is 6. The molecular formula is C25H25N5O3. The van der Waals surface area contributed by atoms with Gasteiger partial charge in [0.2, 0.25) is 11.8 Å². The average Bonchev–Trinajstić information content (AvgIpc) is 3.33. The third-order valence-electron chi connectivity index (χ3n) is 5.76. The number of methoxy groups -OCH3 is 1. The Labute approximate surface area is 192 Å². The normalized spacial score (nSPS) is 14.8. The molecule has 0 radical (unpaired) electrons. The average molecular weight is 444 g/mol. The Kier molecular flexibility index (Phi) is 6.05. The molecule has 0 fully saturated rings. The van der Waals surface area contributed by atoms with Crippen LogP contribution in [0.2, 0.25) is 0 Å². The SMILES string of the molecule is COc1cc(C#N)ccc1[C@@H]1C(C(N)=O)=C(C)Nc2c(C)cnc(OCCn3cccc3)c21. The number of primary amides is 1. The fraction of sp³-hybridized carbons (Fsp3) is 0.240. The summed E-state index contributed by atoms with van der Waals surface area (Å²) in [5.74, 6) is -0.228. The van der Waals surface area contributed by atoms with Crippen molar-refractivity contribution in [3.63, 3.8) is 0 Å². The third-order valence-corrected chi connectivity index (χ3v) is 5.76. The van der Waals surface area contributed by atoms with Gasteiger partial charge in [0.15, 0.2) is 0 Å². The van der Waals surface area contributed by atoms with Crippen molar-refractivity contribution in [3.05, 3.63) is 82.4 Å². The minimum Gasteiger partial charge on any atom is -0.496 e. The molecule has 3 heterocycles. The number of nitrogens with one attached hydrogen (secondary N) is 1. The van der Waals surface area contributed by atoms with Crippen molar-refractivity contribution in [2.24, 2.45) is 5.73 Å². The van der Waals surface area contributed by atoms with Crippen LogP contribution >= 0.6 is 0 Å². The molecule has 0 spiro atoms. The molecule has 8 nitrogen and oxygen atoms in total. The van der Waals surface area contributed by atoms with Gasteiger partial charge in [0, 0.05) is 35.4 Å². The summed E-state index contributed by atoms with van der Waals surface area (Å²) in [6.07, 6.45) is 5.67. The molecule has 0 bridgehead atoms. The van der Waals surface area contributed by atoms with Crippen LogP contribution in [0, 0.1) is 18.3 Å². The van der Waals surface area contributed by atoms with Crippen LogP contribution in [0.15, 0.2) is 60.2 Å². The van der Waals surface area contributed by atoms with Gasteiger partial charge in [0.05, 0.1) is 42.5 Å². The smallest absolute Gasteiger partial charge is 0.247 e. The number of hydrogen-bond donors (Lipinski definition) is 2. The van der Waals surface area contributed by atoms with Gasteiger partial charge in [0.25, 0.3) is 0 Å². The maximum Gasteiger partial charge on any atom is 0.247 e. The standard InChI is InChI=1S/C25H25N5O3/c1-15-14-28-25(33-11-10-30-8-4-5-9-30)22-21(20(24(27)31)16(2)29-23(15)22)18-7-6-17(13-26)12-19(18)32-3/h4-9,12,14,21,29H,10-11H2,1-3H3,(H2,27,31)/t21-/m1/s1. The molecule has 1 aliphatic rings. The van der Waals surface area contributed by atoms with E-state index in [1.54, 1.807) is 24.4 Å². The Morgan fingerprint density at radius 2 is 2.06 bits per heavy atom. The van der Waals surface area contributed by atoms with Gasteiger partial charge in [-0.05, 0) is 43.7 Å². The molecule has 0 aliphatic carbocycles. The van der Waals surface area contributed by atoms with Gasteiger partial charge in [-0.25, -0.2) is 4.98 Å². The minimum atomic E-state index is -0.574. The number of amides is 1. The van der Waals surface area contributed by atoms with Crippen LogP contribution in [0.3, 0.4) is 0 Å². The fourth-order valence-electron chi connectivity index (χ4n) is 4.20. The predicted octanol–water partition coefficient (Wildman–Crippen LogP) is 3.47. The van der Waals surface area contributed by atoms with Gasteiger partial charge in [-0.1, -0.05) is 6.07 Å². The molecule has 0 saturated heterocycles. The lowest BCUT2D eigenvalue weighted by atomic mass is 9.79. The molecule has 3 N–H and O–H groups in total. The second kappa shape index (κ2) is 9.09. The topological polar surface area (TPSA) is 115 Å². The van der Waals surface area contributed by atoms with Crippen LogP contribution in [0.25, 0.3) is 0 Å². The number of nitrogens with zero attached hydrogens (tertiary/aromatic N) is 3. The van der Waals surface area contributed by atoms with Crippen LogP contribution in [0.5, 0.6) is 11.6 Å². The number of ether oxygens (including phenoxy) is 2. The van der Waals surface area contributed by atoms with Gasteiger partial charge >= 0.3 is 0 Å². The van der Waals surface area contributed by atoms with Crippen LogP contribution in [-0.4, -0.2) is 29.2 Å². The summed E-state index contributed by atoms with van der Waals surface area (Å²) in [5.41, 5.74) is 10.5. The number of carbonyl (C=O) groups excluding carboxylic acids is 1. The van der Waals surface area contributed by atoms with Crippen molar-refractivity contribution in [3.8, 4) is 17.7 Å². The van der Waals surface area contributed by atoms with Crippen LogP contribution in [0.4, 0.5) is 5.69 Å². The van der Waals surface area contributed by atoms with Crippen molar-refractivity contribution < 1.29 is 14.3 Å². The molecule has 168 valence electrons. The Hall–Kier alpha value is -4.25. The second-order valence-corrected chi connectivity index (χ2v) is 7.83. The molecule has 0 saturated carbocycles. The summed E-state index contributed by atoms with van der Waals surface area (Å²) in [6, 6.07) is 11.2. The zero-order valence-corrected chi connectivity index (χ0v) is 18.8. The number of aryl methyl sites for hydroxylation is 1. The molecule has 1 atom stereocenters. The number of pyridine rings is 1. The summed E-state index contributed by atoms with van der Waals surface area (Å²) in [6.45, 7) is 4.80. The van der Waals surface area contributed by atoms with Crippen molar-refractivity contribution in [1.29, 1.82) is 5.26 Å². The van der Waals surface area contributed by atoms with Gasteiger partial charge < -0.3 is 25.1 Å². The quantitative estimate of drug-likeness (QED) is 0.578. The Balaban J connectivity index is 1.86. The maximum absolute atomic E-state index is 12.6. The first-order valence-electron chi connectivity index (χ1n) is 10.5. The van der Waals surface area contributed by atoms with E-state index < -0.39 is 11.8 Å². The number of nitriles is 1. The lowest BCUT2D eigenvalue weighted by Gasteiger charge is -2.32. The highest BCUT2D eigenvalue weighted by molar-refractivity contribution is 5.98. The molecule has 1 aliphatic heterocycles. The molecule has 4 rings (SSSR count). The van der Waals surface area contributed by atoms with E-state index in [1.165, 1.54) is 7.11 Å². The van der Waals surface area contributed by atoms with E-state index in [4.69, 9.17) is 15.2 Å². The highest BCUT2D eigenvalue weighted by atomic mass is 16.5. The van der Waals surface area contributed by atoms with E-state index in [-0.39, 0.29) is 0 Å². The van der Waals surface area contributed by atoms with E-state index >= 15 is 0 Å². The lowest BCUT2D eigenvalue weighted by Crippen LogP contribution is -2.29. The molecule has 2 aromatic heterocycles. The maximum atomic E-state index is 12.6. The summed E-state index contributed by atoms with van der Waals surface area (Å²) in [7, 11) is 1.53. The van der Waals surface area contributed by atoms with Gasteiger partial charge in [0.1, 0.15) is 12.4 Å². The summed E-state index contributed by atoms with van der Waals surface area (Å²) in [5, 5.41) is 12.6. The van der Waals surface area contributed by atoms with Gasteiger partial charge in [-0.15, -0.1) is 0 Å². The van der Waals surface area contributed by atoms with Crippen LogP contribution in [0.1, 0.15) is 35.1 Å². The van der Waals surface area contributed by atoms with E-state index in [0.717, 1.165) is 11.3 Å². The molecular weight excluding hydrogens is 418 g/mol. The Morgan fingerprint density at radius 3 is 2.73 bits per heavy atom. The number of fused-ring (bicyclic) bond motifs is 1. The third kappa shape index (κ3) is 4.13. The zero-order chi connectivity index (χ0) is 23.5. The number of benzene rings is 1. The van der Waals surface area contributed by atoms with Crippen molar-refractivity contribution in [1.82, 2.24) is 9.55 Å². The molecule has 3 aromatic rings. The first kappa shape index (κ1) is 22.0. The van der Waals surface area contributed by atoms with Crippen LogP contribution in [-0.2, 0) is 11.3 Å². The van der Waals surface area contributed by atoms with E-state index in [2.05, 4.69) is 16.4 Å². The number of anilines is 1. The number of nitrogens with two attached hydrogens (primary N) is 1. The number of carbonyl (C=O) groups is 1. The van der Waals surface area contributed by atoms with Crippen molar-refractivity contribution in [2.45, 2.75) is 26.3 Å². The highest BCUT2D eigenvalue weighted by Gasteiger charge is 2.37.